The highest BCUT2D eigenvalue weighted by Gasteiger charge is 1.95. The minimum atomic E-state index is 0.678. The number of nitrogens with one attached hydrogen (secondary N) is 1. The smallest absolute Gasteiger partial charge is 0.119 e. The molecule has 0 radical (unpaired) electrons. The van der Waals surface area contributed by atoms with Gasteiger partial charge in [-0.1, -0.05) is 40.2 Å². The van der Waals surface area contributed by atoms with Crippen LogP contribution >= 0.6 is 15.9 Å². The lowest BCUT2D eigenvalue weighted by Crippen LogP contribution is -2.20. The first-order valence-corrected chi connectivity index (χ1v) is 7.18. The molecule has 0 spiro atoms. The van der Waals surface area contributed by atoms with Crippen LogP contribution in [0.25, 0.3) is 0 Å². The van der Waals surface area contributed by atoms with Gasteiger partial charge in [-0.05, 0) is 42.3 Å². The maximum Gasteiger partial charge on any atom is 0.119 e. The van der Waals surface area contributed by atoms with Crippen molar-refractivity contribution in [2.24, 2.45) is 0 Å². The molecule has 0 aliphatic rings. The number of hydrogen-bond acceptors (Lipinski definition) is 2. The van der Waals surface area contributed by atoms with Crippen LogP contribution in [-0.2, 0) is 6.54 Å². The summed E-state index contributed by atoms with van der Waals surface area (Å²) in [4.78, 5) is 0. The Morgan fingerprint density at radius 2 is 1.95 bits per heavy atom. The van der Waals surface area contributed by atoms with Gasteiger partial charge < -0.3 is 10.1 Å². The van der Waals surface area contributed by atoms with E-state index in [4.69, 9.17) is 4.74 Å². The number of aryl methyl sites for hydroxylation is 1. The highest BCUT2D eigenvalue weighted by Crippen LogP contribution is 2.12. The van der Waals surface area contributed by atoms with E-state index >= 15 is 0 Å². The van der Waals surface area contributed by atoms with Crippen molar-refractivity contribution in [3.8, 4) is 5.75 Å². The molecule has 2 nitrogen and oxygen atoms in total. The van der Waals surface area contributed by atoms with Crippen LogP contribution in [-0.4, -0.2) is 13.2 Å². The van der Waals surface area contributed by atoms with Crippen molar-refractivity contribution in [3.05, 3.63) is 64.1 Å². The van der Waals surface area contributed by atoms with Crippen LogP contribution < -0.4 is 10.1 Å². The van der Waals surface area contributed by atoms with Crippen LogP contribution in [0.15, 0.2) is 53.0 Å². The zero-order valence-electron chi connectivity index (χ0n) is 11.0. The molecule has 0 bridgehead atoms. The zero-order chi connectivity index (χ0) is 13.5. The average Bonchev–Trinajstić information content (AvgIpc) is 2.38. The summed E-state index contributed by atoms with van der Waals surface area (Å²) in [6.45, 7) is 4.44. The minimum Gasteiger partial charge on any atom is -0.492 e. The van der Waals surface area contributed by atoms with E-state index in [0.717, 1.165) is 23.3 Å². The summed E-state index contributed by atoms with van der Waals surface area (Å²) in [5.74, 6) is 0.934. The van der Waals surface area contributed by atoms with Gasteiger partial charge in [0.15, 0.2) is 0 Å². The number of halogens is 1. The Balaban J connectivity index is 1.67. The summed E-state index contributed by atoms with van der Waals surface area (Å²) in [5.41, 5.74) is 2.49. The first-order valence-electron chi connectivity index (χ1n) is 6.39. The molecule has 0 atom stereocenters. The van der Waals surface area contributed by atoms with Gasteiger partial charge in [0.2, 0.25) is 0 Å². The summed E-state index contributed by atoms with van der Waals surface area (Å²) in [5, 5.41) is 3.37. The summed E-state index contributed by atoms with van der Waals surface area (Å²) in [6.07, 6.45) is 0. The molecule has 0 amide bonds. The van der Waals surface area contributed by atoms with Gasteiger partial charge in [0.1, 0.15) is 12.4 Å². The molecule has 0 aromatic heterocycles. The first kappa shape index (κ1) is 14.1. The molecule has 2 aromatic rings. The van der Waals surface area contributed by atoms with Gasteiger partial charge >= 0.3 is 0 Å². The molecule has 0 saturated heterocycles. The van der Waals surface area contributed by atoms with E-state index in [0.29, 0.717) is 6.61 Å². The summed E-state index contributed by atoms with van der Waals surface area (Å²) in [7, 11) is 0. The van der Waals surface area contributed by atoms with Crippen LogP contribution in [0.2, 0.25) is 0 Å². The molecule has 2 aromatic carbocycles. The largest absolute Gasteiger partial charge is 0.492 e. The van der Waals surface area contributed by atoms with E-state index in [9.17, 15) is 0 Å². The van der Waals surface area contributed by atoms with Crippen molar-refractivity contribution < 1.29 is 4.74 Å². The normalized spacial score (nSPS) is 10.4. The van der Waals surface area contributed by atoms with Gasteiger partial charge in [0, 0.05) is 17.6 Å². The fraction of sp³-hybridized carbons (Fsp3) is 0.250. The summed E-state index contributed by atoms with van der Waals surface area (Å²) in [6, 6.07) is 16.4. The second-order valence-corrected chi connectivity index (χ2v) is 5.39. The lowest BCUT2D eigenvalue weighted by Gasteiger charge is -2.08. The summed E-state index contributed by atoms with van der Waals surface area (Å²) < 4.78 is 6.79. The zero-order valence-corrected chi connectivity index (χ0v) is 12.6. The fourth-order valence-corrected chi connectivity index (χ4v) is 2.27. The molecule has 1 N–H and O–H groups in total. The van der Waals surface area contributed by atoms with E-state index in [1.165, 1.54) is 11.1 Å². The predicted molar refractivity (Wildman–Crippen MR) is 82.5 cm³/mol. The van der Waals surface area contributed by atoms with Crippen molar-refractivity contribution in [2.75, 3.05) is 13.2 Å². The maximum absolute atomic E-state index is 5.68. The second-order valence-electron chi connectivity index (χ2n) is 4.47. The van der Waals surface area contributed by atoms with Crippen LogP contribution in [0.1, 0.15) is 11.1 Å². The predicted octanol–water partition coefficient (Wildman–Crippen LogP) is 3.93. The molecular formula is C16H18BrNO. The standard InChI is InChI=1S/C16H18BrNO/c1-13-4-2-7-16(10-13)19-9-8-18-12-14-5-3-6-15(17)11-14/h2-7,10-11,18H,8-9,12H2,1H3. The summed E-state index contributed by atoms with van der Waals surface area (Å²) >= 11 is 3.47. The Kier molecular flexibility index (Phi) is 5.43. The van der Waals surface area contributed by atoms with Gasteiger partial charge in [-0.15, -0.1) is 0 Å². The Labute approximate surface area is 122 Å². The molecule has 0 unspecified atom stereocenters. The van der Waals surface area contributed by atoms with Crippen molar-refractivity contribution >= 4 is 15.9 Å². The van der Waals surface area contributed by atoms with Crippen molar-refractivity contribution in [1.82, 2.24) is 5.32 Å². The van der Waals surface area contributed by atoms with E-state index in [1.807, 2.05) is 30.3 Å². The van der Waals surface area contributed by atoms with Crippen LogP contribution in [0.3, 0.4) is 0 Å². The average molecular weight is 320 g/mol. The molecular weight excluding hydrogens is 302 g/mol. The fourth-order valence-electron chi connectivity index (χ4n) is 1.83. The molecule has 0 fully saturated rings. The maximum atomic E-state index is 5.68. The van der Waals surface area contributed by atoms with Crippen molar-refractivity contribution in [1.29, 1.82) is 0 Å². The highest BCUT2D eigenvalue weighted by atomic mass is 79.9. The van der Waals surface area contributed by atoms with E-state index in [-0.39, 0.29) is 0 Å². The SMILES string of the molecule is Cc1cccc(OCCNCc2cccc(Br)c2)c1. The number of benzene rings is 2. The lowest BCUT2D eigenvalue weighted by atomic mass is 10.2. The first-order chi connectivity index (χ1) is 9.24. The van der Waals surface area contributed by atoms with Gasteiger partial charge in [-0.3, -0.25) is 0 Å². The Morgan fingerprint density at radius 1 is 1.11 bits per heavy atom. The third-order valence-electron chi connectivity index (χ3n) is 2.76. The van der Waals surface area contributed by atoms with Gasteiger partial charge in [-0.2, -0.15) is 0 Å². The van der Waals surface area contributed by atoms with Crippen LogP contribution in [0.5, 0.6) is 5.75 Å². The molecule has 0 saturated carbocycles. The van der Waals surface area contributed by atoms with Gasteiger partial charge in [-0.25, -0.2) is 0 Å². The molecule has 3 heteroatoms. The van der Waals surface area contributed by atoms with Crippen LogP contribution in [0.4, 0.5) is 0 Å². The van der Waals surface area contributed by atoms with E-state index in [2.05, 4.69) is 46.4 Å². The molecule has 0 aliphatic carbocycles. The second kappa shape index (κ2) is 7.31. The van der Waals surface area contributed by atoms with Crippen molar-refractivity contribution in [3.63, 3.8) is 0 Å². The van der Waals surface area contributed by atoms with E-state index < -0.39 is 0 Å². The Morgan fingerprint density at radius 3 is 2.74 bits per heavy atom. The van der Waals surface area contributed by atoms with Gasteiger partial charge in [0.05, 0.1) is 0 Å². The molecule has 0 heterocycles. The number of rotatable bonds is 6. The number of hydrogen-bond donors (Lipinski definition) is 1. The quantitative estimate of drug-likeness (QED) is 0.815. The Hall–Kier alpha value is -1.32. The third kappa shape index (κ3) is 5.05. The minimum absolute atomic E-state index is 0.678. The highest BCUT2D eigenvalue weighted by molar-refractivity contribution is 9.10. The van der Waals surface area contributed by atoms with E-state index in [1.54, 1.807) is 0 Å². The third-order valence-corrected chi connectivity index (χ3v) is 3.25. The van der Waals surface area contributed by atoms with Gasteiger partial charge in [0.25, 0.3) is 0 Å². The van der Waals surface area contributed by atoms with Crippen molar-refractivity contribution in [2.45, 2.75) is 13.5 Å². The molecule has 100 valence electrons. The Bertz CT molecular complexity index is 480. The lowest BCUT2D eigenvalue weighted by molar-refractivity contribution is 0.313. The number of ether oxygens (including phenoxy) is 1. The van der Waals surface area contributed by atoms with Crippen LogP contribution in [0, 0.1) is 6.92 Å². The molecule has 19 heavy (non-hydrogen) atoms. The molecule has 0 aliphatic heterocycles. The topological polar surface area (TPSA) is 21.3 Å². The monoisotopic (exact) mass is 319 g/mol. The molecule has 2 rings (SSSR count).